The van der Waals surface area contributed by atoms with Crippen LogP contribution in [-0.4, -0.2) is 31.7 Å². The van der Waals surface area contributed by atoms with Gasteiger partial charge in [-0.05, 0) is 55.3 Å². The van der Waals surface area contributed by atoms with Gasteiger partial charge >= 0.3 is 5.25 Å². The van der Waals surface area contributed by atoms with Gasteiger partial charge in [0.15, 0.2) is 0 Å². The van der Waals surface area contributed by atoms with Crippen molar-refractivity contribution in [3.8, 4) is 0 Å². The molecule has 4 rings (SSSR count). The summed E-state index contributed by atoms with van der Waals surface area (Å²) in [6.45, 7) is -0.447. The molecular weight excluding hydrogens is 318 g/mol. The van der Waals surface area contributed by atoms with Crippen LogP contribution in [0.4, 0.5) is 8.78 Å². The van der Waals surface area contributed by atoms with Crippen LogP contribution < -0.4 is 5.26 Å². The number of hydrogen-bond donors (Lipinski definition) is 0. The second-order valence-electron chi connectivity index (χ2n) is 7.02. The van der Waals surface area contributed by atoms with Crippen LogP contribution in [0.2, 0.25) is 0 Å². The zero-order chi connectivity index (χ0) is 15.8. The first-order valence-corrected chi connectivity index (χ1v) is 8.34. The Kier molecular flexibility index (Phi) is 4.97. The smallest absolute Gasteiger partial charge is 0.343 e. The van der Waals surface area contributed by atoms with Crippen molar-refractivity contribution in [3.05, 3.63) is 0 Å². The molecule has 8 heteroatoms. The van der Waals surface area contributed by atoms with Gasteiger partial charge in [0.2, 0.25) is 0 Å². The van der Waals surface area contributed by atoms with Crippen molar-refractivity contribution in [1.29, 1.82) is 0 Å². The molecule has 0 spiro atoms. The Hall–Kier alpha value is 0.01000. The summed E-state index contributed by atoms with van der Waals surface area (Å²) in [6.07, 6.45) is 5.77. The molecule has 0 aromatic carbocycles. The summed E-state index contributed by atoms with van der Waals surface area (Å²) in [4.78, 5) is 0. The van der Waals surface area contributed by atoms with E-state index in [-0.39, 0.29) is 17.5 Å². The predicted molar refractivity (Wildman–Crippen MR) is 72.3 cm³/mol. The maximum absolute atomic E-state index is 13.4. The van der Waals surface area contributed by atoms with Gasteiger partial charge in [0, 0.05) is 7.11 Å². The van der Waals surface area contributed by atoms with Gasteiger partial charge in [-0.2, -0.15) is 13.1 Å². The number of hydrogen-bond acceptors (Lipinski definition) is 6. The van der Waals surface area contributed by atoms with Crippen molar-refractivity contribution >= 4 is 12.0 Å². The second kappa shape index (κ2) is 6.49. The summed E-state index contributed by atoms with van der Waals surface area (Å²) in [5.74, 6) is 1.75. The lowest BCUT2D eigenvalue weighted by molar-refractivity contribution is -0.777. The average Bonchev–Trinajstić information content (AvgIpc) is 2.44. The molecule has 0 saturated heterocycles. The van der Waals surface area contributed by atoms with E-state index in [2.05, 4.69) is 9.37 Å². The van der Waals surface area contributed by atoms with E-state index >= 15 is 0 Å². The minimum absolute atomic E-state index is 0.0160. The summed E-state index contributed by atoms with van der Waals surface area (Å²) >= 11 is -0.313. The Balaban J connectivity index is 1.53. The van der Waals surface area contributed by atoms with E-state index < -0.39 is 11.9 Å². The normalized spacial score (nSPS) is 40.4. The third-order valence-corrected chi connectivity index (χ3v) is 5.93. The van der Waals surface area contributed by atoms with Crippen LogP contribution in [0.5, 0.6) is 0 Å². The predicted octanol–water partition coefficient (Wildman–Crippen LogP) is 2.31. The molecule has 0 aromatic heterocycles. The molecule has 0 radical (unpaired) electrons. The zero-order valence-electron chi connectivity index (χ0n) is 12.5. The Morgan fingerprint density at radius 1 is 1.23 bits per heavy atom. The zero-order valence-corrected chi connectivity index (χ0v) is 13.3. The lowest BCUT2D eigenvalue weighted by Crippen LogP contribution is -2.55. The van der Waals surface area contributed by atoms with Gasteiger partial charge in [-0.3, -0.25) is 5.04 Å². The first kappa shape index (κ1) is 16.9. The van der Waals surface area contributed by atoms with Crippen LogP contribution in [0, 0.1) is 23.2 Å². The first-order chi connectivity index (χ1) is 10.5. The van der Waals surface area contributed by atoms with Gasteiger partial charge in [0.05, 0.1) is 12.7 Å². The van der Waals surface area contributed by atoms with Gasteiger partial charge in [-0.25, -0.2) is 0 Å². The largest absolute Gasteiger partial charge is 0.691 e. The number of ether oxygens (including phenoxy) is 2. The number of methoxy groups -OCH3 is 1. The monoisotopic (exact) mass is 339 g/mol. The standard InChI is InChI=1S/C14H22F2O5S/c1-18-12-10-2-9-3-11(12)6-13(4-9,5-10)7-19-8-14(15,16)22-21-20-17/h9-12,17H,2-8H2,1H3/p-1. The van der Waals surface area contributed by atoms with Gasteiger partial charge in [-0.15, -0.1) is 0 Å². The SMILES string of the molecule is COC1C2CC3CC1CC(COCC(F)(F)SOO[O-])(C3)C2. The molecule has 4 saturated carbocycles. The van der Waals surface area contributed by atoms with Crippen LogP contribution in [0.1, 0.15) is 32.1 Å². The summed E-state index contributed by atoms with van der Waals surface area (Å²) < 4.78 is 41.4. The third-order valence-electron chi connectivity index (χ3n) is 5.45. The Labute approximate surface area is 132 Å². The molecule has 128 valence electrons. The van der Waals surface area contributed by atoms with E-state index in [0.29, 0.717) is 30.5 Å². The molecule has 5 nitrogen and oxygen atoms in total. The van der Waals surface area contributed by atoms with Crippen molar-refractivity contribution < 1.29 is 32.9 Å². The minimum atomic E-state index is -3.29. The topological polar surface area (TPSA) is 60.0 Å². The maximum Gasteiger partial charge on any atom is 0.343 e. The molecule has 4 bridgehead atoms. The van der Waals surface area contributed by atoms with Gasteiger partial charge in [0.1, 0.15) is 18.6 Å². The highest BCUT2D eigenvalue weighted by Gasteiger charge is 2.55. The molecule has 2 atom stereocenters. The molecule has 0 N–H and O–H groups in total. The van der Waals surface area contributed by atoms with Crippen molar-refractivity contribution in [2.45, 2.75) is 43.5 Å². The lowest BCUT2D eigenvalue weighted by atomic mass is 9.49. The molecule has 0 heterocycles. The third kappa shape index (κ3) is 3.42. The quantitative estimate of drug-likeness (QED) is 0.384. The highest BCUT2D eigenvalue weighted by molar-refractivity contribution is 7.95. The molecule has 22 heavy (non-hydrogen) atoms. The Bertz CT molecular complexity index is 381. The fourth-order valence-corrected chi connectivity index (χ4v) is 5.44. The van der Waals surface area contributed by atoms with Crippen molar-refractivity contribution in [2.75, 3.05) is 20.3 Å². The Morgan fingerprint density at radius 3 is 2.50 bits per heavy atom. The van der Waals surface area contributed by atoms with Crippen molar-refractivity contribution in [1.82, 2.24) is 0 Å². The number of halogens is 2. The number of alkyl halides is 2. The van der Waals surface area contributed by atoms with Crippen LogP contribution in [0.3, 0.4) is 0 Å². The molecule has 4 aliphatic rings. The lowest BCUT2D eigenvalue weighted by Gasteiger charge is -2.59. The summed E-state index contributed by atoms with van der Waals surface area (Å²) in [5.41, 5.74) is 0.0160. The van der Waals surface area contributed by atoms with E-state index in [4.69, 9.17) is 9.47 Å². The molecule has 0 aromatic rings. The van der Waals surface area contributed by atoms with Gasteiger partial charge < -0.3 is 14.7 Å². The number of rotatable bonds is 8. The van der Waals surface area contributed by atoms with Crippen LogP contribution in [0.15, 0.2) is 0 Å². The average molecular weight is 339 g/mol. The minimum Gasteiger partial charge on any atom is -0.691 e. The summed E-state index contributed by atoms with van der Waals surface area (Å²) in [6, 6.07) is 0. The van der Waals surface area contributed by atoms with Crippen molar-refractivity contribution in [2.24, 2.45) is 23.2 Å². The van der Waals surface area contributed by atoms with E-state index in [1.807, 2.05) is 0 Å². The summed E-state index contributed by atoms with van der Waals surface area (Å²) in [7, 11) is 1.77. The highest BCUT2D eigenvalue weighted by Crippen LogP contribution is 2.60. The fraction of sp³-hybridized carbons (Fsp3) is 1.00. The molecular formula is C14H21F2O5S-. The maximum atomic E-state index is 13.4. The van der Waals surface area contributed by atoms with E-state index in [1.54, 1.807) is 7.11 Å². The fourth-order valence-electron chi connectivity index (χ4n) is 5.18. The van der Waals surface area contributed by atoms with Crippen molar-refractivity contribution in [3.63, 3.8) is 0 Å². The Morgan fingerprint density at radius 2 is 1.91 bits per heavy atom. The van der Waals surface area contributed by atoms with E-state index in [9.17, 15) is 14.0 Å². The second-order valence-corrected chi connectivity index (χ2v) is 7.92. The van der Waals surface area contributed by atoms with E-state index in [1.165, 1.54) is 12.8 Å². The van der Waals surface area contributed by atoms with Crippen LogP contribution in [-0.2, 0) is 18.8 Å². The molecule has 0 amide bonds. The summed E-state index contributed by atoms with van der Waals surface area (Å²) in [5, 5.41) is 9.27. The van der Waals surface area contributed by atoms with Crippen LogP contribution >= 0.6 is 12.0 Å². The molecule has 4 fully saturated rings. The highest BCUT2D eigenvalue weighted by atomic mass is 32.2. The first-order valence-electron chi connectivity index (χ1n) is 7.60. The van der Waals surface area contributed by atoms with Gasteiger partial charge in [0.25, 0.3) is 0 Å². The molecule has 0 aliphatic heterocycles. The van der Waals surface area contributed by atoms with Gasteiger partial charge in [-0.1, -0.05) is 0 Å². The van der Waals surface area contributed by atoms with E-state index in [0.717, 1.165) is 19.3 Å². The molecule has 4 aliphatic carbocycles. The van der Waals surface area contributed by atoms with Crippen LogP contribution in [0.25, 0.3) is 0 Å². The molecule has 2 unspecified atom stereocenters.